The number of fused-ring (bicyclic) bond motifs is 3. The number of hydrogen-bond acceptors (Lipinski definition) is 6. The monoisotopic (exact) mass is 650 g/mol. The van der Waals surface area contributed by atoms with Crippen molar-refractivity contribution >= 4 is 39.8 Å². The Kier molecular flexibility index (Phi) is 9.62. The summed E-state index contributed by atoms with van der Waals surface area (Å²) in [5, 5.41) is 4.88. The number of thioether (sulfide) groups is 1. The molecule has 0 saturated heterocycles. The van der Waals surface area contributed by atoms with Crippen molar-refractivity contribution in [3.8, 4) is 11.1 Å². The highest BCUT2D eigenvalue weighted by molar-refractivity contribution is 8.02. The van der Waals surface area contributed by atoms with Crippen LogP contribution in [0.5, 0.6) is 0 Å². The first-order valence-electron chi connectivity index (χ1n) is 15.5. The smallest absolute Gasteiger partial charge is 0.118 e. The SMILES string of the molecule is C/C(=C\C(=C/N)c1ccc2c(c1)C(c1ccccc1)(c1ccccc1)c1cc(C(=C/N)/C=C(\C)c3nccs3)ccc1-2)CS/C=C\N. The Morgan fingerprint density at radius 1 is 0.745 bits per heavy atom. The van der Waals surface area contributed by atoms with Gasteiger partial charge in [0.25, 0.3) is 0 Å². The zero-order valence-corrected chi connectivity index (χ0v) is 28.2. The molecule has 5 aromatic rings. The molecule has 6 heteroatoms. The van der Waals surface area contributed by atoms with E-state index in [1.807, 2.05) is 17.0 Å². The molecule has 4 aromatic carbocycles. The van der Waals surface area contributed by atoms with Crippen LogP contribution in [-0.2, 0) is 5.41 Å². The zero-order chi connectivity index (χ0) is 32.8. The molecule has 0 radical (unpaired) electrons. The molecule has 1 aromatic heterocycles. The number of nitrogens with two attached hydrogens (primary N) is 3. The molecule has 0 bridgehead atoms. The molecule has 0 spiro atoms. The molecule has 0 amide bonds. The number of nitrogens with zero attached hydrogens (tertiary/aromatic N) is 1. The molecule has 1 aliphatic rings. The summed E-state index contributed by atoms with van der Waals surface area (Å²) in [6.45, 7) is 4.20. The van der Waals surface area contributed by atoms with E-state index in [2.05, 4.69) is 128 Å². The molecule has 1 aliphatic carbocycles. The van der Waals surface area contributed by atoms with Gasteiger partial charge in [-0.25, -0.2) is 4.98 Å². The molecule has 47 heavy (non-hydrogen) atoms. The number of aromatic nitrogens is 1. The van der Waals surface area contributed by atoms with Gasteiger partial charge < -0.3 is 17.2 Å². The van der Waals surface area contributed by atoms with Crippen molar-refractivity contribution in [2.75, 3.05) is 5.75 Å². The van der Waals surface area contributed by atoms with Gasteiger partial charge in [-0.2, -0.15) is 0 Å². The minimum Gasteiger partial charge on any atom is -0.404 e. The van der Waals surface area contributed by atoms with Gasteiger partial charge >= 0.3 is 0 Å². The molecular weight excluding hydrogens is 613 g/mol. The maximum absolute atomic E-state index is 6.31. The van der Waals surface area contributed by atoms with Crippen LogP contribution in [0.15, 0.2) is 150 Å². The van der Waals surface area contributed by atoms with Crippen LogP contribution in [0.1, 0.15) is 52.2 Å². The Bertz CT molecular complexity index is 1980. The molecule has 0 aliphatic heterocycles. The molecule has 6 N–H and O–H groups in total. The van der Waals surface area contributed by atoms with Crippen LogP contribution in [0, 0.1) is 0 Å². The average Bonchev–Trinajstić information content (AvgIpc) is 3.76. The molecule has 1 heterocycles. The van der Waals surface area contributed by atoms with Crippen molar-refractivity contribution in [1.29, 1.82) is 0 Å². The summed E-state index contributed by atoms with van der Waals surface area (Å²) in [4.78, 5) is 4.51. The number of rotatable bonds is 10. The first kappa shape index (κ1) is 31.9. The van der Waals surface area contributed by atoms with E-state index in [1.54, 1.807) is 41.7 Å². The van der Waals surface area contributed by atoms with Crippen molar-refractivity contribution in [2.45, 2.75) is 19.3 Å². The van der Waals surface area contributed by atoms with Crippen molar-refractivity contribution in [3.63, 3.8) is 0 Å². The molecule has 0 atom stereocenters. The first-order valence-corrected chi connectivity index (χ1v) is 17.4. The highest BCUT2D eigenvalue weighted by atomic mass is 32.2. The third-order valence-electron chi connectivity index (χ3n) is 8.61. The largest absolute Gasteiger partial charge is 0.404 e. The predicted molar refractivity (Wildman–Crippen MR) is 203 cm³/mol. The Morgan fingerprint density at radius 2 is 1.30 bits per heavy atom. The Balaban J connectivity index is 1.58. The van der Waals surface area contributed by atoms with Crippen LogP contribution in [0.2, 0.25) is 0 Å². The summed E-state index contributed by atoms with van der Waals surface area (Å²) >= 11 is 3.29. The van der Waals surface area contributed by atoms with Crippen LogP contribution in [-0.4, -0.2) is 10.7 Å². The topological polar surface area (TPSA) is 91.0 Å². The van der Waals surface area contributed by atoms with E-state index < -0.39 is 5.41 Å². The lowest BCUT2D eigenvalue weighted by atomic mass is 9.67. The lowest BCUT2D eigenvalue weighted by Gasteiger charge is -2.34. The number of benzene rings is 4. The Labute approximate surface area is 285 Å². The number of hydrogen-bond donors (Lipinski definition) is 3. The van der Waals surface area contributed by atoms with Gasteiger partial charge in [0.1, 0.15) is 5.01 Å². The van der Waals surface area contributed by atoms with Crippen molar-refractivity contribution in [2.24, 2.45) is 17.2 Å². The van der Waals surface area contributed by atoms with Gasteiger partial charge in [-0.1, -0.05) is 96.6 Å². The first-order chi connectivity index (χ1) is 23.0. The van der Waals surface area contributed by atoms with Crippen LogP contribution >= 0.6 is 23.1 Å². The van der Waals surface area contributed by atoms with E-state index in [9.17, 15) is 0 Å². The van der Waals surface area contributed by atoms with Crippen molar-refractivity contribution in [3.05, 3.63) is 189 Å². The van der Waals surface area contributed by atoms with E-state index in [0.717, 1.165) is 38.6 Å². The molecule has 4 nitrogen and oxygen atoms in total. The van der Waals surface area contributed by atoms with Crippen LogP contribution in [0.4, 0.5) is 0 Å². The lowest BCUT2D eigenvalue weighted by molar-refractivity contribution is 0.768. The van der Waals surface area contributed by atoms with Crippen molar-refractivity contribution in [1.82, 2.24) is 4.98 Å². The maximum atomic E-state index is 6.31. The van der Waals surface area contributed by atoms with Gasteiger partial charge in [-0.3, -0.25) is 0 Å². The van der Waals surface area contributed by atoms with E-state index in [4.69, 9.17) is 17.2 Å². The standard InChI is InChI=1S/C41H38N4S2/c1-28(27-46-19-17-42)21-32(25-43)30-13-15-36-37-16-14-31(33(26-44)22-29(2)40-45-18-20-47-40)24-39(37)41(38(36)23-30,34-9-5-3-6-10-34)35-11-7-4-8-12-35/h3-26H,27,42-44H2,1-2H3/b19-17-,28-21+,29-22+,32-25+,33-26+. The van der Waals surface area contributed by atoms with Gasteiger partial charge in [-0.15, -0.1) is 23.1 Å². The zero-order valence-electron chi connectivity index (χ0n) is 26.6. The second kappa shape index (κ2) is 14.2. The number of thiazole rings is 1. The fraction of sp³-hybridized carbons (Fsp3) is 0.0976. The van der Waals surface area contributed by atoms with Crippen molar-refractivity contribution < 1.29 is 0 Å². The average molecular weight is 651 g/mol. The van der Waals surface area contributed by atoms with E-state index >= 15 is 0 Å². The Hall–Kier alpha value is -5.04. The van der Waals surface area contributed by atoms with Crippen LogP contribution < -0.4 is 17.2 Å². The predicted octanol–water partition coefficient (Wildman–Crippen LogP) is 9.32. The summed E-state index contributed by atoms with van der Waals surface area (Å²) in [6.07, 6.45) is 11.1. The summed E-state index contributed by atoms with van der Waals surface area (Å²) in [6, 6.07) is 35.1. The molecule has 0 unspecified atom stereocenters. The van der Waals surface area contributed by atoms with Crippen LogP contribution in [0.3, 0.4) is 0 Å². The maximum Gasteiger partial charge on any atom is 0.118 e. The molecule has 6 rings (SSSR count). The Morgan fingerprint density at radius 3 is 1.79 bits per heavy atom. The molecule has 0 fully saturated rings. The highest BCUT2D eigenvalue weighted by Crippen LogP contribution is 2.57. The van der Waals surface area contributed by atoms with Gasteiger partial charge in [-0.05, 0) is 98.7 Å². The van der Waals surface area contributed by atoms with Gasteiger partial charge in [0.05, 0.1) is 5.41 Å². The van der Waals surface area contributed by atoms with E-state index in [0.29, 0.717) is 0 Å². The molecular formula is C41H38N4S2. The van der Waals surface area contributed by atoms with E-state index in [-0.39, 0.29) is 0 Å². The minimum atomic E-state index is -0.576. The minimum absolute atomic E-state index is 0.576. The lowest BCUT2D eigenvalue weighted by Crippen LogP contribution is -2.28. The molecule has 0 saturated carbocycles. The summed E-state index contributed by atoms with van der Waals surface area (Å²) in [5.74, 6) is 0.829. The summed E-state index contributed by atoms with van der Waals surface area (Å²) in [7, 11) is 0. The van der Waals surface area contributed by atoms with E-state index in [1.165, 1.54) is 39.0 Å². The summed E-state index contributed by atoms with van der Waals surface area (Å²) in [5.41, 5.74) is 31.2. The van der Waals surface area contributed by atoms with Crippen LogP contribution in [0.25, 0.3) is 27.8 Å². The summed E-state index contributed by atoms with van der Waals surface area (Å²) < 4.78 is 0. The second-order valence-electron chi connectivity index (χ2n) is 11.5. The highest BCUT2D eigenvalue weighted by Gasteiger charge is 2.46. The third kappa shape index (κ3) is 6.10. The number of allylic oxidation sites excluding steroid dienone is 5. The fourth-order valence-electron chi connectivity index (χ4n) is 6.56. The van der Waals surface area contributed by atoms with Gasteiger partial charge in [0.15, 0.2) is 0 Å². The second-order valence-corrected chi connectivity index (χ2v) is 13.3. The quantitative estimate of drug-likeness (QED) is 0.129. The normalized spacial score (nSPS) is 14.8. The molecule has 234 valence electrons. The van der Waals surface area contributed by atoms with Gasteiger partial charge in [0.2, 0.25) is 0 Å². The fourth-order valence-corrected chi connectivity index (χ4v) is 7.73. The third-order valence-corrected chi connectivity index (χ3v) is 10.5. The van der Waals surface area contributed by atoms with Gasteiger partial charge in [0, 0.05) is 35.9 Å².